The van der Waals surface area contributed by atoms with Crippen LogP contribution in [0.5, 0.6) is 0 Å². The van der Waals surface area contributed by atoms with Crippen LogP contribution in [0.1, 0.15) is 23.2 Å². The third kappa shape index (κ3) is 4.89. The van der Waals surface area contributed by atoms with Crippen molar-refractivity contribution in [3.8, 4) is 0 Å². The van der Waals surface area contributed by atoms with Gasteiger partial charge in [-0.25, -0.2) is 4.39 Å². The second-order valence-electron chi connectivity index (χ2n) is 6.56. The molecule has 2 N–H and O–H groups in total. The summed E-state index contributed by atoms with van der Waals surface area (Å²) in [7, 11) is 2.04. The fourth-order valence-electron chi connectivity index (χ4n) is 3.02. The average Bonchev–Trinajstić information content (AvgIpc) is 3.02. The van der Waals surface area contributed by atoms with E-state index in [1.54, 1.807) is 6.20 Å². The lowest BCUT2D eigenvalue weighted by Gasteiger charge is -2.30. The van der Waals surface area contributed by atoms with Crippen molar-refractivity contribution in [2.45, 2.75) is 25.4 Å². The highest BCUT2D eigenvalue weighted by atomic mass is 19.1. The van der Waals surface area contributed by atoms with Crippen LogP contribution >= 0.6 is 0 Å². The third-order valence-electron chi connectivity index (χ3n) is 4.29. The Bertz CT molecular complexity index is 774. The minimum absolute atomic E-state index is 0.0899. The Hall–Kier alpha value is -2.74. The molecule has 1 atom stereocenters. The number of carbonyl (C=O) groups is 2. The number of aromatic nitrogens is 2. The quantitative estimate of drug-likeness (QED) is 0.848. The number of likely N-dealkylation sites (tertiary alicyclic amines) is 1. The number of piperidine rings is 1. The molecule has 0 saturated carbocycles. The molecule has 0 aliphatic carbocycles. The monoisotopic (exact) mass is 359 g/mol. The van der Waals surface area contributed by atoms with E-state index in [4.69, 9.17) is 0 Å². The number of anilines is 1. The second kappa shape index (κ2) is 8.09. The summed E-state index contributed by atoms with van der Waals surface area (Å²) in [5, 5.41) is 9.79. The van der Waals surface area contributed by atoms with Crippen LogP contribution in [0, 0.1) is 5.82 Å². The molecule has 1 saturated heterocycles. The lowest BCUT2D eigenvalue weighted by atomic mass is 10.1. The number of likely N-dealkylation sites (N-methyl/N-ethyl adjacent to an activating group) is 1. The molecule has 0 spiro atoms. The van der Waals surface area contributed by atoms with Gasteiger partial charge in [0.1, 0.15) is 12.4 Å². The lowest BCUT2D eigenvalue weighted by molar-refractivity contribution is -0.122. The molecule has 7 nitrogen and oxygen atoms in total. The van der Waals surface area contributed by atoms with E-state index in [9.17, 15) is 14.0 Å². The van der Waals surface area contributed by atoms with E-state index in [1.165, 1.54) is 35.1 Å². The highest BCUT2D eigenvalue weighted by molar-refractivity contribution is 6.04. The largest absolute Gasteiger partial charge is 0.350 e. The SMILES string of the molecule is CN1CCC[C@H](NC(=O)Cn2cc(NC(=O)c3ccc(F)cc3)cn2)C1. The van der Waals surface area contributed by atoms with Crippen LogP contribution in [0.25, 0.3) is 0 Å². The summed E-state index contributed by atoms with van der Waals surface area (Å²) in [5.74, 6) is -0.867. The van der Waals surface area contributed by atoms with Crippen LogP contribution in [-0.4, -0.2) is 52.7 Å². The van der Waals surface area contributed by atoms with Crippen molar-refractivity contribution < 1.29 is 14.0 Å². The zero-order chi connectivity index (χ0) is 18.5. The first-order chi connectivity index (χ1) is 12.5. The highest BCUT2D eigenvalue weighted by Gasteiger charge is 2.19. The fourth-order valence-corrected chi connectivity index (χ4v) is 3.02. The van der Waals surface area contributed by atoms with Crippen LogP contribution in [0.15, 0.2) is 36.7 Å². The molecule has 0 radical (unpaired) electrons. The van der Waals surface area contributed by atoms with E-state index in [1.807, 2.05) is 7.05 Å². The summed E-state index contributed by atoms with van der Waals surface area (Å²) in [6.45, 7) is 2.00. The van der Waals surface area contributed by atoms with Crippen molar-refractivity contribution in [2.75, 3.05) is 25.5 Å². The molecule has 0 bridgehead atoms. The van der Waals surface area contributed by atoms with Crippen LogP contribution in [0.3, 0.4) is 0 Å². The molecule has 3 rings (SSSR count). The molecular weight excluding hydrogens is 337 g/mol. The second-order valence-corrected chi connectivity index (χ2v) is 6.56. The summed E-state index contributed by atoms with van der Waals surface area (Å²) < 4.78 is 14.4. The van der Waals surface area contributed by atoms with Crippen LogP contribution < -0.4 is 10.6 Å². The normalized spacial score (nSPS) is 17.7. The Morgan fingerprint density at radius 1 is 1.31 bits per heavy atom. The van der Waals surface area contributed by atoms with Gasteiger partial charge in [-0.1, -0.05) is 0 Å². The van der Waals surface area contributed by atoms with Crippen molar-refractivity contribution in [3.63, 3.8) is 0 Å². The van der Waals surface area contributed by atoms with Crippen LogP contribution in [-0.2, 0) is 11.3 Å². The lowest BCUT2D eigenvalue weighted by Crippen LogP contribution is -2.47. The van der Waals surface area contributed by atoms with Crippen molar-refractivity contribution >= 4 is 17.5 Å². The molecular formula is C18H22FN5O2. The molecule has 1 fully saturated rings. The van der Waals surface area contributed by atoms with Gasteiger partial charge in [-0.05, 0) is 50.7 Å². The number of rotatable bonds is 5. The van der Waals surface area contributed by atoms with Gasteiger partial charge in [-0.3, -0.25) is 14.3 Å². The molecule has 1 aromatic heterocycles. The molecule has 2 aromatic rings. The molecule has 26 heavy (non-hydrogen) atoms. The van der Waals surface area contributed by atoms with Gasteiger partial charge in [0.25, 0.3) is 5.91 Å². The van der Waals surface area contributed by atoms with Crippen LogP contribution in [0.4, 0.5) is 10.1 Å². The standard InChI is InChI=1S/C18H22FN5O2/c1-23-8-2-3-15(10-23)21-17(25)12-24-11-16(9-20-24)22-18(26)13-4-6-14(19)7-5-13/h4-7,9,11,15H,2-3,8,10,12H2,1H3,(H,21,25)(H,22,26)/t15-/m0/s1. The zero-order valence-electron chi connectivity index (χ0n) is 14.6. The summed E-state index contributed by atoms with van der Waals surface area (Å²) in [5.41, 5.74) is 0.822. The molecule has 2 heterocycles. The van der Waals surface area contributed by atoms with Crippen molar-refractivity contribution in [1.29, 1.82) is 0 Å². The summed E-state index contributed by atoms with van der Waals surface area (Å²) >= 11 is 0. The van der Waals surface area contributed by atoms with Gasteiger partial charge in [0.2, 0.25) is 5.91 Å². The van der Waals surface area contributed by atoms with Crippen molar-refractivity contribution in [1.82, 2.24) is 20.0 Å². The first-order valence-corrected chi connectivity index (χ1v) is 8.57. The average molecular weight is 359 g/mol. The van der Waals surface area contributed by atoms with Gasteiger partial charge in [0.15, 0.2) is 0 Å². The minimum atomic E-state index is -0.399. The molecule has 138 valence electrons. The smallest absolute Gasteiger partial charge is 0.255 e. The fraction of sp³-hybridized carbons (Fsp3) is 0.389. The van der Waals surface area contributed by atoms with E-state index < -0.39 is 5.82 Å². The molecule has 2 amide bonds. The first-order valence-electron chi connectivity index (χ1n) is 8.57. The van der Waals surface area contributed by atoms with Gasteiger partial charge in [-0.2, -0.15) is 5.10 Å². The Kier molecular flexibility index (Phi) is 5.62. The van der Waals surface area contributed by atoms with Crippen molar-refractivity contribution in [3.05, 3.63) is 48.0 Å². The number of nitrogens with one attached hydrogen (secondary N) is 2. The number of halogens is 1. The predicted molar refractivity (Wildman–Crippen MR) is 95.2 cm³/mol. The molecule has 0 unspecified atom stereocenters. The Labute approximate surface area is 151 Å². The topological polar surface area (TPSA) is 79.3 Å². The van der Waals surface area contributed by atoms with E-state index in [2.05, 4.69) is 20.6 Å². The number of hydrogen-bond acceptors (Lipinski definition) is 4. The molecule has 1 aromatic carbocycles. The molecule has 8 heteroatoms. The zero-order valence-corrected chi connectivity index (χ0v) is 14.6. The summed E-state index contributed by atoms with van der Waals surface area (Å²) in [6.07, 6.45) is 5.12. The maximum atomic E-state index is 12.9. The maximum Gasteiger partial charge on any atom is 0.255 e. The highest BCUT2D eigenvalue weighted by Crippen LogP contribution is 2.10. The number of carbonyl (C=O) groups excluding carboxylic acids is 2. The number of amides is 2. The van der Waals surface area contributed by atoms with Gasteiger partial charge >= 0.3 is 0 Å². The van der Waals surface area contributed by atoms with E-state index >= 15 is 0 Å². The van der Waals surface area contributed by atoms with Crippen molar-refractivity contribution in [2.24, 2.45) is 0 Å². The van der Waals surface area contributed by atoms with E-state index in [-0.39, 0.29) is 24.4 Å². The Morgan fingerprint density at radius 2 is 2.08 bits per heavy atom. The summed E-state index contributed by atoms with van der Waals surface area (Å²) in [6, 6.07) is 5.43. The number of hydrogen-bond donors (Lipinski definition) is 2. The minimum Gasteiger partial charge on any atom is -0.350 e. The van der Waals surface area contributed by atoms with Gasteiger partial charge in [0, 0.05) is 24.3 Å². The maximum absolute atomic E-state index is 12.9. The first kappa shape index (κ1) is 18.1. The predicted octanol–water partition coefficient (Wildman–Crippen LogP) is 1.48. The third-order valence-corrected chi connectivity index (χ3v) is 4.29. The van der Waals surface area contributed by atoms with E-state index in [0.717, 1.165) is 25.9 Å². The number of benzene rings is 1. The van der Waals surface area contributed by atoms with E-state index in [0.29, 0.717) is 11.3 Å². The molecule has 1 aliphatic heterocycles. The van der Waals surface area contributed by atoms with Gasteiger partial charge < -0.3 is 15.5 Å². The molecule has 1 aliphatic rings. The summed E-state index contributed by atoms with van der Waals surface area (Å²) in [4.78, 5) is 26.5. The Morgan fingerprint density at radius 3 is 2.81 bits per heavy atom. The Balaban J connectivity index is 1.51. The number of nitrogens with zero attached hydrogens (tertiary/aromatic N) is 3. The van der Waals surface area contributed by atoms with Gasteiger partial charge in [0.05, 0.1) is 11.9 Å². The van der Waals surface area contributed by atoms with Gasteiger partial charge in [-0.15, -0.1) is 0 Å². The van der Waals surface area contributed by atoms with Crippen LogP contribution in [0.2, 0.25) is 0 Å².